The predicted octanol–water partition coefficient (Wildman–Crippen LogP) is 0.624. The molecule has 1 rings (SSSR count). The number of amides is 1. The highest BCUT2D eigenvalue weighted by molar-refractivity contribution is 5.78. The van der Waals surface area contributed by atoms with E-state index < -0.39 is 0 Å². The van der Waals surface area contributed by atoms with Crippen molar-refractivity contribution in [2.24, 2.45) is 11.8 Å². The van der Waals surface area contributed by atoms with Gasteiger partial charge in [-0.3, -0.25) is 4.79 Å². The lowest BCUT2D eigenvalue weighted by atomic mass is 9.95. The third kappa shape index (κ3) is 1.51. The minimum absolute atomic E-state index is 0.00361. The quantitative estimate of drug-likeness (QED) is 0.553. The van der Waals surface area contributed by atoms with Gasteiger partial charge in [-0.05, 0) is 6.92 Å². The van der Waals surface area contributed by atoms with Gasteiger partial charge < -0.3 is 4.90 Å². The van der Waals surface area contributed by atoms with Crippen molar-refractivity contribution in [1.29, 1.82) is 5.26 Å². The predicted molar refractivity (Wildman–Crippen MR) is 40.5 cm³/mol. The molecule has 1 fully saturated rings. The Balaban J connectivity index is 2.55. The van der Waals surface area contributed by atoms with Crippen LogP contribution in [-0.4, -0.2) is 24.4 Å². The third-order valence-electron chi connectivity index (χ3n) is 2.28. The number of nitrogens with zero attached hydrogens (tertiary/aromatic N) is 2. The van der Waals surface area contributed by atoms with Gasteiger partial charge in [0.05, 0.1) is 6.07 Å². The number of carbonyl (C=O) groups is 1. The molecule has 2 atom stereocenters. The second-order valence-electron chi connectivity index (χ2n) is 3.16. The van der Waals surface area contributed by atoms with E-state index in [4.69, 9.17) is 5.26 Å². The topological polar surface area (TPSA) is 44.1 Å². The number of hydrogen-bond donors (Lipinski definition) is 0. The van der Waals surface area contributed by atoms with Gasteiger partial charge in [-0.15, -0.1) is 0 Å². The van der Waals surface area contributed by atoms with Crippen molar-refractivity contribution < 1.29 is 4.79 Å². The summed E-state index contributed by atoms with van der Waals surface area (Å²) in [6.07, 6.45) is 0.547. The molecule has 1 aliphatic heterocycles. The first kappa shape index (κ1) is 8.06. The second-order valence-corrected chi connectivity index (χ2v) is 3.16. The van der Waals surface area contributed by atoms with E-state index in [0.29, 0.717) is 6.42 Å². The first-order chi connectivity index (χ1) is 5.15. The van der Waals surface area contributed by atoms with Crippen molar-refractivity contribution in [3.05, 3.63) is 0 Å². The Morgan fingerprint density at radius 1 is 1.82 bits per heavy atom. The summed E-state index contributed by atoms with van der Waals surface area (Å²) in [5, 5.41) is 8.59. The van der Waals surface area contributed by atoms with Crippen LogP contribution < -0.4 is 0 Å². The molecule has 0 bridgehead atoms. The summed E-state index contributed by atoms with van der Waals surface area (Å²) in [7, 11) is 1.78. The largest absolute Gasteiger partial charge is 0.345 e. The Kier molecular flexibility index (Phi) is 2.13. The van der Waals surface area contributed by atoms with E-state index in [1.54, 1.807) is 11.9 Å². The monoisotopic (exact) mass is 152 g/mol. The first-order valence-corrected chi connectivity index (χ1v) is 3.78. The summed E-state index contributed by atoms with van der Waals surface area (Å²) in [4.78, 5) is 12.7. The molecule has 1 amide bonds. The van der Waals surface area contributed by atoms with Gasteiger partial charge in [0.2, 0.25) is 5.91 Å². The van der Waals surface area contributed by atoms with E-state index in [-0.39, 0.29) is 17.7 Å². The standard InChI is InChI=1S/C8H12N2O/c1-6(4-9)7-3-8(11)10(2)5-7/h6-7H,3,5H2,1-2H3. The van der Waals surface area contributed by atoms with Gasteiger partial charge >= 0.3 is 0 Å². The zero-order valence-electron chi connectivity index (χ0n) is 6.87. The van der Waals surface area contributed by atoms with Crippen LogP contribution in [0.2, 0.25) is 0 Å². The molecule has 3 heteroatoms. The van der Waals surface area contributed by atoms with Gasteiger partial charge in [0.25, 0.3) is 0 Å². The minimum Gasteiger partial charge on any atom is -0.345 e. The lowest BCUT2D eigenvalue weighted by molar-refractivity contribution is -0.126. The van der Waals surface area contributed by atoms with E-state index in [0.717, 1.165) is 6.54 Å². The maximum atomic E-state index is 11.0. The number of rotatable bonds is 1. The van der Waals surface area contributed by atoms with E-state index in [1.807, 2.05) is 6.92 Å². The SMILES string of the molecule is CC(C#N)C1CC(=O)N(C)C1. The molecule has 2 unspecified atom stereocenters. The molecule has 0 aliphatic carbocycles. The van der Waals surface area contributed by atoms with Crippen LogP contribution in [0.4, 0.5) is 0 Å². The van der Waals surface area contributed by atoms with E-state index >= 15 is 0 Å². The van der Waals surface area contributed by atoms with Crippen LogP contribution in [0.25, 0.3) is 0 Å². The fourth-order valence-electron chi connectivity index (χ4n) is 1.34. The summed E-state index contributed by atoms with van der Waals surface area (Å²) < 4.78 is 0. The smallest absolute Gasteiger partial charge is 0.222 e. The Morgan fingerprint density at radius 3 is 2.82 bits per heavy atom. The van der Waals surface area contributed by atoms with E-state index in [2.05, 4.69) is 6.07 Å². The van der Waals surface area contributed by atoms with E-state index in [1.165, 1.54) is 0 Å². The lowest BCUT2D eigenvalue weighted by Gasteiger charge is -2.10. The Bertz CT molecular complexity index is 207. The van der Waals surface area contributed by atoms with Gasteiger partial charge in [-0.2, -0.15) is 5.26 Å². The maximum absolute atomic E-state index is 11.0. The van der Waals surface area contributed by atoms with Gasteiger partial charge in [0.15, 0.2) is 0 Å². The highest BCUT2D eigenvalue weighted by Crippen LogP contribution is 2.22. The highest BCUT2D eigenvalue weighted by atomic mass is 16.2. The molecule has 0 saturated carbocycles. The van der Waals surface area contributed by atoms with Crippen molar-refractivity contribution in [3.63, 3.8) is 0 Å². The summed E-state index contributed by atoms with van der Waals surface area (Å²) in [5.74, 6) is 0.415. The Hall–Kier alpha value is -1.04. The summed E-state index contributed by atoms with van der Waals surface area (Å²) >= 11 is 0. The third-order valence-corrected chi connectivity index (χ3v) is 2.28. The molecule has 0 aromatic rings. The Morgan fingerprint density at radius 2 is 2.45 bits per heavy atom. The van der Waals surface area contributed by atoms with Gasteiger partial charge in [-0.1, -0.05) is 0 Å². The second kappa shape index (κ2) is 2.91. The number of nitriles is 1. The molecule has 0 radical (unpaired) electrons. The normalized spacial score (nSPS) is 26.8. The van der Waals surface area contributed by atoms with Crippen molar-refractivity contribution in [1.82, 2.24) is 4.90 Å². The average Bonchev–Trinajstić information content (AvgIpc) is 2.31. The van der Waals surface area contributed by atoms with Crippen LogP contribution in [0.1, 0.15) is 13.3 Å². The zero-order chi connectivity index (χ0) is 8.43. The maximum Gasteiger partial charge on any atom is 0.222 e. The van der Waals surface area contributed by atoms with Crippen LogP contribution in [0.15, 0.2) is 0 Å². The van der Waals surface area contributed by atoms with Crippen molar-refractivity contribution in [2.45, 2.75) is 13.3 Å². The molecular formula is C8H12N2O. The minimum atomic E-state index is 0.00361. The number of carbonyl (C=O) groups excluding carboxylic acids is 1. The van der Waals surface area contributed by atoms with Crippen molar-refractivity contribution in [3.8, 4) is 6.07 Å². The van der Waals surface area contributed by atoms with Crippen molar-refractivity contribution in [2.75, 3.05) is 13.6 Å². The molecule has 0 aromatic heterocycles. The van der Waals surface area contributed by atoms with Crippen molar-refractivity contribution >= 4 is 5.91 Å². The van der Waals surface area contributed by atoms with Gasteiger partial charge in [0.1, 0.15) is 0 Å². The molecule has 0 aromatic carbocycles. The summed E-state index contributed by atoms with van der Waals surface area (Å²) in [5.41, 5.74) is 0. The lowest BCUT2D eigenvalue weighted by Crippen LogP contribution is -2.20. The molecule has 60 valence electrons. The zero-order valence-corrected chi connectivity index (χ0v) is 6.87. The van der Waals surface area contributed by atoms with Crippen LogP contribution >= 0.6 is 0 Å². The Labute approximate surface area is 66.6 Å². The summed E-state index contributed by atoms with van der Waals surface area (Å²) in [6, 6.07) is 2.17. The molecule has 1 heterocycles. The number of hydrogen-bond acceptors (Lipinski definition) is 2. The highest BCUT2D eigenvalue weighted by Gasteiger charge is 2.30. The van der Waals surface area contributed by atoms with Gasteiger partial charge in [-0.25, -0.2) is 0 Å². The fourth-order valence-corrected chi connectivity index (χ4v) is 1.34. The van der Waals surface area contributed by atoms with Crippen LogP contribution in [0.5, 0.6) is 0 Å². The van der Waals surface area contributed by atoms with E-state index in [9.17, 15) is 4.79 Å². The molecular weight excluding hydrogens is 140 g/mol. The van der Waals surface area contributed by atoms with Crippen LogP contribution in [-0.2, 0) is 4.79 Å². The first-order valence-electron chi connectivity index (χ1n) is 3.78. The van der Waals surface area contributed by atoms with Crippen LogP contribution in [0, 0.1) is 23.2 Å². The average molecular weight is 152 g/mol. The molecule has 3 nitrogen and oxygen atoms in total. The molecule has 0 N–H and O–H groups in total. The molecule has 1 saturated heterocycles. The van der Waals surface area contributed by atoms with Gasteiger partial charge in [0, 0.05) is 31.8 Å². The van der Waals surface area contributed by atoms with Crippen LogP contribution in [0.3, 0.4) is 0 Å². The molecule has 0 spiro atoms. The fraction of sp³-hybridized carbons (Fsp3) is 0.750. The summed E-state index contributed by atoms with van der Waals surface area (Å²) in [6.45, 7) is 2.62. The molecule has 1 aliphatic rings. The molecule has 11 heavy (non-hydrogen) atoms. The number of likely N-dealkylation sites (tertiary alicyclic amines) is 1.